The molecule has 1 aliphatic heterocycles. The summed E-state index contributed by atoms with van der Waals surface area (Å²) in [7, 11) is 1.26. The van der Waals surface area contributed by atoms with Crippen LogP contribution in [0.1, 0.15) is 12.0 Å². The van der Waals surface area contributed by atoms with E-state index in [1.165, 1.54) is 7.11 Å². The molecule has 1 heterocycles. The van der Waals surface area contributed by atoms with Crippen LogP contribution >= 0.6 is 0 Å². The quantitative estimate of drug-likeness (QED) is 0.826. The lowest BCUT2D eigenvalue weighted by atomic mass is 10.1. The van der Waals surface area contributed by atoms with Crippen molar-refractivity contribution in [2.75, 3.05) is 25.1 Å². The molecule has 1 unspecified atom stereocenters. The van der Waals surface area contributed by atoms with Gasteiger partial charge < -0.3 is 15.0 Å². The summed E-state index contributed by atoms with van der Waals surface area (Å²) in [6.07, 6.45) is 0.154. The standard InChI is InChI=1S/C15H18N2O4/c1-10-5-3-4-6-12(10)17-9-11(7-13(17)18)15(20)16-8-14(19)21-2/h3-6,11H,7-9H2,1-2H3,(H,16,20). The van der Waals surface area contributed by atoms with Gasteiger partial charge in [0, 0.05) is 18.7 Å². The van der Waals surface area contributed by atoms with Crippen LogP contribution in [-0.2, 0) is 19.1 Å². The maximum absolute atomic E-state index is 12.1. The summed E-state index contributed by atoms with van der Waals surface area (Å²) in [6, 6.07) is 7.55. The molecular formula is C15H18N2O4. The molecule has 0 aliphatic carbocycles. The van der Waals surface area contributed by atoms with Gasteiger partial charge in [-0.05, 0) is 18.6 Å². The molecule has 0 spiro atoms. The summed E-state index contributed by atoms with van der Waals surface area (Å²) in [6.45, 7) is 2.08. The fourth-order valence-corrected chi connectivity index (χ4v) is 2.36. The van der Waals surface area contributed by atoms with Gasteiger partial charge >= 0.3 is 5.97 Å². The number of aryl methyl sites for hydroxylation is 1. The zero-order valence-corrected chi connectivity index (χ0v) is 12.1. The van der Waals surface area contributed by atoms with Crippen molar-refractivity contribution in [3.05, 3.63) is 29.8 Å². The number of rotatable bonds is 4. The minimum atomic E-state index is -0.511. The van der Waals surface area contributed by atoms with Crippen LogP contribution in [-0.4, -0.2) is 38.0 Å². The summed E-state index contributed by atoms with van der Waals surface area (Å²) in [5, 5.41) is 2.49. The number of nitrogens with zero attached hydrogens (tertiary/aromatic N) is 1. The Bertz CT molecular complexity index is 571. The van der Waals surface area contributed by atoms with E-state index in [1.54, 1.807) is 4.90 Å². The predicted octanol–water partition coefficient (Wildman–Crippen LogP) is 0.637. The van der Waals surface area contributed by atoms with Crippen molar-refractivity contribution in [2.45, 2.75) is 13.3 Å². The molecule has 0 bridgehead atoms. The first-order valence-corrected chi connectivity index (χ1v) is 6.73. The van der Waals surface area contributed by atoms with Gasteiger partial charge in [0.15, 0.2) is 0 Å². The third-order valence-corrected chi connectivity index (χ3v) is 3.54. The van der Waals surface area contributed by atoms with Crippen molar-refractivity contribution in [3.63, 3.8) is 0 Å². The molecule has 1 aliphatic rings. The first kappa shape index (κ1) is 15.0. The fourth-order valence-electron chi connectivity index (χ4n) is 2.36. The van der Waals surface area contributed by atoms with Crippen LogP contribution in [0.5, 0.6) is 0 Å². The number of amides is 2. The van der Waals surface area contributed by atoms with Crippen LogP contribution in [0.3, 0.4) is 0 Å². The number of carbonyl (C=O) groups is 3. The van der Waals surface area contributed by atoms with E-state index >= 15 is 0 Å². The normalized spacial score (nSPS) is 17.7. The average molecular weight is 290 g/mol. The monoisotopic (exact) mass is 290 g/mol. The Morgan fingerprint density at radius 3 is 2.76 bits per heavy atom. The highest BCUT2D eigenvalue weighted by Gasteiger charge is 2.35. The number of ether oxygens (including phenoxy) is 1. The SMILES string of the molecule is COC(=O)CNC(=O)C1CC(=O)N(c2ccccc2C)C1. The molecule has 6 heteroatoms. The third kappa shape index (κ3) is 3.39. The van der Waals surface area contributed by atoms with Gasteiger partial charge in [-0.2, -0.15) is 0 Å². The molecule has 6 nitrogen and oxygen atoms in total. The van der Waals surface area contributed by atoms with Gasteiger partial charge in [-0.15, -0.1) is 0 Å². The van der Waals surface area contributed by atoms with E-state index in [1.807, 2.05) is 31.2 Å². The lowest BCUT2D eigenvalue weighted by Gasteiger charge is -2.18. The molecule has 1 aromatic carbocycles. The molecule has 2 rings (SSSR count). The number of benzene rings is 1. The molecule has 1 N–H and O–H groups in total. The second-order valence-corrected chi connectivity index (χ2v) is 4.99. The Morgan fingerprint density at radius 1 is 1.38 bits per heavy atom. The van der Waals surface area contributed by atoms with Crippen molar-refractivity contribution >= 4 is 23.5 Å². The van der Waals surface area contributed by atoms with E-state index in [2.05, 4.69) is 10.1 Å². The van der Waals surface area contributed by atoms with Gasteiger partial charge in [-0.25, -0.2) is 0 Å². The number of carbonyl (C=O) groups excluding carboxylic acids is 3. The molecule has 112 valence electrons. The molecule has 1 saturated heterocycles. The van der Waals surface area contributed by atoms with Crippen molar-refractivity contribution in [1.29, 1.82) is 0 Å². The number of methoxy groups -OCH3 is 1. The second kappa shape index (κ2) is 6.39. The maximum atomic E-state index is 12.1. The zero-order chi connectivity index (χ0) is 15.4. The van der Waals surface area contributed by atoms with Crippen LogP contribution < -0.4 is 10.2 Å². The van der Waals surface area contributed by atoms with Crippen molar-refractivity contribution in [1.82, 2.24) is 5.32 Å². The van der Waals surface area contributed by atoms with E-state index in [4.69, 9.17) is 0 Å². The smallest absolute Gasteiger partial charge is 0.325 e. The van der Waals surface area contributed by atoms with E-state index in [0.717, 1.165) is 11.3 Å². The van der Waals surface area contributed by atoms with E-state index in [9.17, 15) is 14.4 Å². The number of hydrogen-bond donors (Lipinski definition) is 1. The van der Waals surface area contributed by atoms with E-state index in [0.29, 0.717) is 6.54 Å². The topological polar surface area (TPSA) is 75.7 Å². The molecule has 1 atom stereocenters. The lowest BCUT2D eigenvalue weighted by Crippen LogP contribution is -2.36. The van der Waals surface area contributed by atoms with Crippen LogP contribution in [0.4, 0.5) is 5.69 Å². The average Bonchev–Trinajstić information content (AvgIpc) is 2.86. The van der Waals surface area contributed by atoms with Gasteiger partial charge in [-0.1, -0.05) is 18.2 Å². The Kier molecular flexibility index (Phi) is 4.57. The summed E-state index contributed by atoms with van der Waals surface area (Å²) < 4.78 is 4.46. The Balaban J connectivity index is 2.01. The molecule has 1 fully saturated rings. The number of para-hydroxylation sites is 1. The van der Waals surface area contributed by atoms with Crippen LogP contribution in [0, 0.1) is 12.8 Å². The number of nitrogens with one attached hydrogen (secondary N) is 1. The fraction of sp³-hybridized carbons (Fsp3) is 0.400. The minimum Gasteiger partial charge on any atom is -0.468 e. The third-order valence-electron chi connectivity index (χ3n) is 3.54. The van der Waals surface area contributed by atoms with Crippen molar-refractivity contribution < 1.29 is 19.1 Å². The summed E-state index contributed by atoms with van der Waals surface area (Å²) in [4.78, 5) is 36.7. The predicted molar refractivity (Wildman–Crippen MR) is 76.7 cm³/mol. The highest BCUT2D eigenvalue weighted by Crippen LogP contribution is 2.27. The number of hydrogen-bond acceptors (Lipinski definition) is 4. The molecule has 0 aromatic heterocycles. The first-order chi connectivity index (χ1) is 10.0. The Hall–Kier alpha value is -2.37. The maximum Gasteiger partial charge on any atom is 0.325 e. The molecule has 21 heavy (non-hydrogen) atoms. The molecule has 1 aromatic rings. The van der Waals surface area contributed by atoms with Crippen LogP contribution in [0.2, 0.25) is 0 Å². The van der Waals surface area contributed by atoms with E-state index < -0.39 is 11.9 Å². The van der Waals surface area contributed by atoms with Crippen LogP contribution in [0.15, 0.2) is 24.3 Å². The summed E-state index contributed by atoms with van der Waals surface area (Å²) >= 11 is 0. The van der Waals surface area contributed by atoms with Gasteiger partial charge in [0.1, 0.15) is 6.54 Å². The Labute approximate surface area is 123 Å². The van der Waals surface area contributed by atoms with Gasteiger partial charge in [-0.3, -0.25) is 14.4 Å². The van der Waals surface area contributed by atoms with Gasteiger partial charge in [0.25, 0.3) is 0 Å². The van der Waals surface area contributed by atoms with Gasteiger partial charge in [0.2, 0.25) is 11.8 Å². The molecular weight excluding hydrogens is 272 g/mol. The molecule has 0 radical (unpaired) electrons. The molecule has 0 saturated carbocycles. The van der Waals surface area contributed by atoms with Crippen molar-refractivity contribution in [3.8, 4) is 0 Å². The minimum absolute atomic E-state index is 0.0810. The van der Waals surface area contributed by atoms with Crippen molar-refractivity contribution in [2.24, 2.45) is 5.92 Å². The summed E-state index contributed by atoms with van der Waals surface area (Å²) in [5.74, 6) is -1.34. The van der Waals surface area contributed by atoms with Gasteiger partial charge in [0.05, 0.1) is 13.0 Å². The highest BCUT2D eigenvalue weighted by molar-refractivity contribution is 6.01. The lowest BCUT2D eigenvalue weighted by molar-refractivity contribution is -0.141. The number of esters is 1. The molecule has 2 amide bonds. The van der Waals surface area contributed by atoms with Crippen LogP contribution in [0.25, 0.3) is 0 Å². The Morgan fingerprint density at radius 2 is 2.10 bits per heavy atom. The number of anilines is 1. The first-order valence-electron chi connectivity index (χ1n) is 6.73. The highest BCUT2D eigenvalue weighted by atomic mass is 16.5. The van der Waals surface area contributed by atoms with E-state index in [-0.39, 0.29) is 24.8 Å². The largest absolute Gasteiger partial charge is 0.468 e. The second-order valence-electron chi connectivity index (χ2n) is 4.99. The zero-order valence-electron chi connectivity index (χ0n) is 12.1. The summed E-state index contributed by atoms with van der Waals surface area (Å²) in [5.41, 5.74) is 1.81.